The monoisotopic (exact) mass is 430 g/mol. The molecule has 2 aromatic carbocycles. The molecule has 1 aliphatic heterocycles. The maximum Gasteiger partial charge on any atom is 0.416 e. The van der Waals surface area contributed by atoms with Crippen molar-refractivity contribution in [2.75, 3.05) is 16.8 Å². The number of aryl methyl sites for hydroxylation is 1. The number of nitrogens with zero attached hydrogens (tertiary/aromatic N) is 1. The highest BCUT2D eigenvalue weighted by molar-refractivity contribution is 7.12. The molecule has 154 valence electrons. The van der Waals surface area contributed by atoms with Gasteiger partial charge in [0.15, 0.2) is 0 Å². The third-order valence-corrected chi connectivity index (χ3v) is 5.77. The Morgan fingerprint density at radius 3 is 2.47 bits per heavy atom. The summed E-state index contributed by atoms with van der Waals surface area (Å²) in [6.45, 7) is 0.583. The van der Waals surface area contributed by atoms with E-state index in [0.29, 0.717) is 17.1 Å². The second-order valence-corrected chi connectivity index (χ2v) is 7.86. The molecule has 2 amide bonds. The molecular formula is C22H17F3N2O2S. The largest absolute Gasteiger partial charge is 0.416 e. The first-order chi connectivity index (χ1) is 14.3. The molecule has 0 unspecified atom stereocenters. The predicted octanol–water partition coefficient (Wildman–Crippen LogP) is 5.61. The van der Waals surface area contributed by atoms with E-state index in [9.17, 15) is 22.8 Å². The zero-order valence-electron chi connectivity index (χ0n) is 15.7. The molecule has 1 aliphatic rings. The number of rotatable bonds is 3. The summed E-state index contributed by atoms with van der Waals surface area (Å²) in [4.78, 5) is 27.7. The molecule has 0 saturated heterocycles. The van der Waals surface area contributed by atoms with Crippen LogP contribution in [0, 0.1) is 0 Å². The van der Waals surface area contributed by atoms with Gasteiger partial charge in [-0.3, -0.25) is 9.59 Å². The van der Waals surface area contributed by atoms with Crippen LogP contribution in [0.1, 0.15) is 37.6 Å². The zero-order chi connectivity index (χ0) is 21.3. The van der Waals surface area contributed by atoms with E-state index in [0.717, 1.165) is 48.4 Å². The smallest absolute Gasteiger partial charge is 0.322 e. The van der Waals surface area contributed by atoms with Gasteiger partial charge in [-0.1, -0.05) is 12.1 Å². The van der Waals surface area contributed by atoms with Crippen molar-refractivity contribution in [1.82, 2.24) is 0 Å². The molecule has 30 heavy (non-hydrogen) atoms. The second-order valence-electron chi connectivity index (χ2n) is 6.91. The van der Waals surface area contributed by atoms with Crippen molar-refractivity contribution in [3.05, 3.63) is 81.5 Å². The molecule has 1 N–H and O–H groups in total. The Balaban J connectivity index is 1.55. The van der Waals surface area contributed by atoms with Crippen LogP contribution in [0.3, 0.4) is 0 Å². The van der Waals surface area contributed by atoms with Gasteiger partial charge in [-0.25, -0.2) is 0 Å². The fourth-order valence-corrected chi connectivity index (χ4v) is 4.08. The molecule has 1 aromatic heterocycles. The number of anilines is 2. The number of carbonyl (C=O) groups excluding carboxylic acids is 2. The molecule has 8 heteroatoms. The second kappa shape index (κ2) is 7.95. The predicted molar refractivity (Wildman–Crippen MR) is 110 cm³/mol. The number of nitrogens with one attached hydrogen (secondary N) is 1. The van der Waals surface area contributed by atoms with Crippen LogP contribution in [0.5, 0.6) is 0 Å². The van der Waals surface area contributed by atoms with Gasteiger partial charge in [0.2, 0.25) is 0 Å². The summed E-state index contributed by atoms with van der Waals surface area (Å²) in [5.41, 5.74) is 1.54. The molecule has 0 saturated carbocycles. The highest BCUT2D eigenvalue weighted by Crippen LogP contribution is 2.32. The third kappa shape index (κ3) is 4.09. The van der Waals surface area contributed by atoms with Crippen LogP contribution in [0.25, 0.3) is 0 Å². The number of benzene rings is 2. The number of halogens is 3. The lowest BCUT2D eigenvalue weighted by Crippen LogP contribution is -2.35. The Hall–Kier alpha value is -3.13. The quantitative estimate of drug-likeness (QED) is 0.587. The maximum absolute atomic E-state index is 12.8. The third-order valence-electron chi connectivity index (χ3n) is 4.91. The number of alkyl halides is 3. The molecule has 0 atom stereocenters. The summed E-state index contributed by atoms with van der Waals surface area (Å²) in [5, 5.41) is 4.55. The van der Waals surface area contributed by atoms with E-state index in [1.165, 1.54) is 11.3 Å². The standard InChI is InChI=1S/C22H17F3N2O2S/c23-22(24,25)16-8-5-15(6-9-16)20(28)26-17-10-7-14-3-1-11-27(18(14)13-17)21(29)19-4-2-12-30-19/h2,4-10,12-13H,1,3,11H2,(H,26,28). The number of hydrogen-bond acceptors (Lipinski definition) is 3. The normalized spacial score (nSPS) is 13.6. The fraction of sp³-hybridized carbons (Fsp3) is 0.182. The van der Waals surface area contributed by atoms with Gasteiger partial charge < -0.3 is 10.2 Å². The van der Waals surface area contributed by atoms with E-state index < -0.39 is 17.6 Å². The van der Waals surface area contributed by atoms with Crippen LogP contribution < -0.4 is 10.2 Å². The first-order valence-electron chi connectivity index (χ1n) is 9.30. The Bertz CT molecular complexity index is 1080. The highest BCUT2D eigenvalue weighted by atomic mass is 32.1. The van der Waals surface area contributed by atoms with Crippen LogP contribution in [0.2, 0.25) is 0 Å². The molecule has 0 radical (unpaired) electrons. The van der Waals surface area contributed by atoms with Crippen molar-refractivity contribution >= 4 is 34.5 Å². The maximum atomic E-state index is 12.8. The Labute approximate surface area is 174 Å². The van der Waals surface area contributed by atoms with E-state index in [-0.39, 0.29) is 11.5 Å². The van der Waals surface area contributed by atoms with Gasteiger partial charge in [-0.15, -0.1) is 11.3 Å². The van der Waals surface area contributed by atoms with Gasteiger partial charge in [-0.05, 0) is 66.2 Å². The number of fused-ring (bicyclic) bond motifs is 1. The van der Waals surface area contributed by atoms with Gasteiger partial charge in [-0.2, -0.15) is 13.2 Å². The molecule has 0 aliphatic carbocycles. The van der Waals surface area contributed by atoms with Crippen LogP contribution in [0.15, 0.2) is 60.0 Å². The summed E-state index contributed by atoms with van der Waals surface area (Å²) < 4.78 is 38.1. The van der Waals surface area contributed by atoms with Crippen molar-refractivity contribution in [3.63, 3.8) is 0 Å². The summed E-state index contributed by atoms with van der Waals surface area (Å²) >= 11 is 1.37. The van der Waals surface area contributed by atoms with E-state index >= 15 is 0 Å². The van der Waals surface area contributed by atoms with Gasteiger partial charge in [0.25, 0.3) is 11.8 Å². The van der Waals surface area contributed by atoms with Crippen LogP contribution >= 0.6 is 11.3 Å². The molecule has 0 spiro atoms. The summed E-state index contributed by atoms with van der Waals surface area (Å²) in [7, 11) is 0. The van der Waals surface area contributed by atoms with Gasteiger partial charge in [0.1, 0.15) is 0 Å². The Morgan fingerprint density at radius 2 is 1.80 bits per heavy atom. The van der Waals surface area contributed by atoms with Crippen molar-refractivity contribution < 1.29 is 22.8 Å². The number of amides is 2. The van der Waals surface area contributed by atoms with Crippen molar-refractivity contribution in [1.29, 1.82) is 0 Å². The molecule has 3 aromatic rings. The van der Waals surface area contributed by atoms with Crippen molar-refractivity contribution in [2.45, 2.75) is 19.0 Å². The minimum atomic E-state index is -4.45. The summed E-state index contributed by atoms with van der Waals surface area (Å²) in [6.07, 6.45) is -2.77. The zero-order valence-corrected chi connectivity index (χ0v) is 16.5. The molecule has 4 rings (SSSR count). The number of carbonyl (C=O) groups is 2. The van der Waals surface area contributed by atoms with Crippen LogP contribution in [-0.4, -0.2) is 18.4 Å². The van der Waals surface area contributed by atoms with E-state index in [4.69, 9.17) is 0 Å². The van der Waals surface area contributed by atoms with Crippen LogP contribution in [0.4, 0.5) is 24.5 Å². The van der Waals surface area contributed by atoms with E-state index in [1.54, 1.807) is 23.1 Å². The van der Waals surface area contributed by atoms with Gasteiger partial charge in [0.05, 0.1) is 10.4 Å². The average molecular weight is 430 g/mol. The van der Waals surface area contributed by atoms with E-state index in [1.807, 2.05) is 17.5 Å². The molecule has 2 heterocycles. The topological polar surface area (TPSA) is 49.4 Å². The SMILES string of the molecule is O=C(Nc1ccc2c(c1)N(C(=O)c1cccs1)CCC2)c1ccc(C(F)(F)F)cc1. The van der Waals surface area contributed by atoms with Gasteiger partial charge in [0, 0.05) is 23.5 Å². The molecule has 4 nitrogen and oxygen atoms in total. The van der Waals surface area contributed by atoms with Crippen LogP contribution in [-0.2, 0) is 12.6 Å². The molecule has 0 fully saturated rings. The van der Waals surface area contributed by atoms with Crippen molar-refractivity contribution in [2.24, 2.45) is 0 Å². The number of hydrogen-bond donors (Lipinski definition) is 1. The first kappa shape index (κ1) is 20.2. The highest BCUT2D eigenvalue weighted by Gasteiger charge is 2.30. The number of thiophene rings is 1. The lowest BCUT2D eigenvalue weighted by atomic mass is 10.0. The lowest BCUT2D eigenvalue weighted by Gasteiger charge is -2.29. The molecular weight excluding hydrogens is 413 g/mol. The lowest BCUT2D eigenvalue weighted by molar-refractivity contribution is -0.137. The van der Waals surface area contributed by atoms with E-state index in [2.05, 4.69) is 5.32 Å². The summed E-state index contributed by atoms with van der Waals surface area (Å²) in [6, 6.07) is 13.0. The first-order valence-corrected chi connectivity index (χ1v) is 10.2. The minimum Gasteiger partial charge on any atom is -0.322 e. The Morgan fingerprint density at radius 1 is 1.03 bits per heavy atom. The minimum absolute atomic E-state index is 0.0860. The average Bonchev–Trinajstić information content (AvgIpc) is 3.27. The van der Waals surface area contributed by atoms with Crippen molar-refractivity contribution in [3.8, 4) is 0 Å². The Kier molecular flexibility index (Phi) is 5.34. The summed E-state index contributed by atoms with van der Waals surface area (Å²) in [5.74, 6) is -0.604. The molecule has 0 bridgehead atoms. The fourth-order valence-electron chi connectivity index (χ4n) is 3.41. The van der Waals surface area contributed by atoms with Gasteiger partial charge >= 0.3 is 6.18 Å².